The van der Waals surface area contributed by atoms with E-state index in [-0.39, 0.29) is 12.0 Å². The second kappa shape index (κ2) is 6.73. The van der Waals surface area contributed by atoms with Crippen molar-refractivity contribution in [2.24, 2.45) is 0 Å². The fraction of sp³-hybridized carbons (Fsp3) is 0.467. The lowest BCUT2D eigenvalue weighted by Gasteiger charge is -2.34. The highest BCUT2D eigenvalue weighted by Gasteiger charge is 2.23. The number of aromatic nitrogens is 3. The molecule has 0 radical (unpaired) electrons. The van der Waals surface area contributed by atoms with Gasteiger partial charge < -0.3 is 19.9 Å². The van der Waals surface area contributed by atoms with Crippen molar-refractivity contribution in [1.29, 1.82) is 0 Å². The number of hydrogen-bond acceptors (Lipinski definition) is 6. The van der Waals surface area contributed by atoms with Crippen LogP contribution in [0.5, 0.6) is 0 Å². The Balaban J connectivity index is 1.76. The van der Waals surface area contributed by atoms with Gasteiger partial charge in [0.25, 0.3) is 5.91 Å². The number of hydrogen-bond donors (Lipinski definition) is 1. The standard InChI is InChI=1S/C15H20N6O3/c1-3-24-15(23)20-8-6-19(7-9-20)13-5-4-12-17-10-11(14(22)16-2)21(12)18-13/h4-5,10H,3,6-9H2,1-2H3,(H,16,22). The van der Waals surface area contributed by atoms with Crippen molar-refractivity contribution in [2.75, 3.05) is 44.7 Å². The number of nitrogens with one attached hydrogen (secondary N) is 1. The zero-order chi connectivity index (χ0) is 17.1. The second-order valence-electron chi connectivity index (χ2n) is 5.36. The average molecular weight is 332 g/mol. The zero-order valence-electron chi connectivity index (χ0n) is 13.7. The van der Waals surface area contributed by atoms with E-state index in [2.05, 4.69) is 20.3 Å². The minimum atomic E-state index is -0.280. The molecule has 1 saturated heterocycles. The molecular formula is C15H20N6O3. The number of piperazine rings is 1. The summed E-state index contributed by atoms with van der Waals surface area (Å²) in [5, 5.41) is 7.10. The summed E-state index contributed by atoms with van der Waals surface area (Å²) < 4.78 is 6.55. The highest BCUT2D eigenvalue weighted by Crippen LogP contribution is 2.16. The van der Waals surface area contributed by atoms with Crippen LogP contribution in [0.15, 0.2) is 18.3 Å². The first-order valence-corrected chi connectivity index (χ1v) is 7.87. The minimum absolute atomic E-state index is 0.237. The fourth-order valence-corrected chi connectivity index (χ4v) is 2.65. The van der Waals surface area contributed by atoms with Gasteiger partial charge in [-0.15, -0.1) is 5.10 Å². The van der Waals surface area contributed by atoms with Crippen LogP contribution in [0, 0.1) is 0 Å². The smallest absolute Gasteiger partial charge is 0.409 e. The van der Waals surface area contributed by atoms with Crippen molar-refractivity contribution >= 4 is 23.5 Å². The highest BCUT2D eigenvalue weighted by molar-refractivity contribution is 5.92. The van der Waals surface area contributed by atoms with Crippen molar-refractivity contribution < 1.29 is 14.3 Å². The molecule has 24 heavy (non-hydrogen) atoms. The van der Waals surface area contributed by atoms with E-state index in [1.807, 2.05) is 12.1 Å². The lowest BCUT2D eigenvalue weighted by molar-refractivity contribution is 0.0955. The average Bonchev–Trinajstić information content (AvgIpc) is 3.04. The van der Waals surface area contributed by atoms with Gasteiger partial charge in [0.15, 0.2) is 11.3 Å². The minimum Gasteiger partial charge on any atom is -0.450 e. The number of amides is 2. The molecule has 0 bridgehead atoms. The number of fused-ring (bicyclic) bond motifs is 1. The maximum Gasteiger partial charge on any atom is 0.409 e. The molecule has 1 fully saturated rings. The Bertz CT molecular complexity index is 751. The van der Waals surface area contributed by atoms with E-state index < -0.39 is 0 Å². The van der Waals surface area contributed by atoms with Crippen molar-refractivity contribution in [3.8, 4) is 0 Å². The molecule has 0 aliphatic carbocycles. The van der Waals surface area contributed by atoms with Crippen molar-refractivity contribution in [3.63, 3.8) is 0 Å². The van der Waals surface area contributed by atoms with Gasteiger partial charge in [0.2, 0.25) is 0 Å². The summed E-state index contributed by atoms with van der Waals surface area (Å²) in [4.78, 5) is 31.6. The third-order valence-electron chi connectivity index (χ3n) is 3.94. The zero-order valence-corrected chi connectivity index (χ0v) is 13.7. The molecule has 0 spiro atoms. The van der Waals surface area contributed by atoms with Gasteiger partial charge in [-0.2, -0.15) is 0 Å². The maximum atomic E-state index is 11.9. The quantitative estimate of drug-likeness (QED) is 0.873. The number of rotatable bonds is 3. The third-order valence-corrected chi connectivity index (χ3v) is 3.94. The molecule has 1 aliphatic rings. The molecule has 2 aromatic rings. The van der Waals surface area contributed by atoms with Crippen molar-refractivity contribution in [3.05, 3.63) is 24.0 Å². The molecule has 1 aliphatic heterocycles. The summed E-state index contributed by atoms with van der Waals surface area (Å²) in [7, 11) is 1.57. The van der Waals surface area contributed by atoms with Crippen LogP contribution in [0.2, 0.25) is 0 Å². The third kappa shape index (κ3) is 2.97. The molecule has 1 N–H and O–H groups in total. The Labute approximate surface area is 139 Å². The van der Waals surface area contributed by atoms with Gasteiger partial charge in [0.1, 0.15) is 5.82 Å². The lowest BCUT2D eigenvalue weighted by atomic mass is 10.3. The van der Waals surface area contributed by atoms with E-state index in [1.54, 1.807) is 18.9 Å². The summed E-state index contributed by atoms with van der Waals surface area (Å²) >= 11 is 0. The summed E-state index contributed by atoms with van der Waals surface area (Å²) in [6.07, 6.45) is 1.22. The Kier molecular flexibility index (Phi) is 4.50. The van der Waals surface area contributed by atoms with Crippen LogP contribution < -0.4 is 10.2 Å². The SMILES string of the molecule is CCOC(=O)N1CCN(c2ccc3ncc(C(=O)NC)n3n2)CC1. The van der Waals surface area contributed by atoms with Crippen LogP contribution in [-0.4, -0.2) is 71.3 Å². The Morgan fingerprint density at radius 3 is 2.67 bits per heavy atom. The molecular weight excluding hydrogens is 312 g/mol. The molecule has 0 saturated carbocycles. The van der Waals surface area contributed by atoms with E-state index in [0.717, 1.165) is 5.82 Å². The van der Waals surface area contributed by atoms with Crippen LogP contribution in [0.1, 0.15) is 17.4 Å². The van der Waals surface area contributed by atoms with Gasteiger partial charge in [0, 0.05) is 33.2 Å². The molecule has 3 rings (SSSR count). The number of anilines is 1. The van der Waals surface area contributed by atoms with E-state index >= 15 is 0 Å². The van der Waals surface area contributed by atoms with Gasteiger partial charge >= 0.3 is 6.09 Å². The molecule has 2 amide bonds. The first kappa shape index (κ1) is 16.0. The second-order valence-corrected chi connectivity index (χ2v) is 5.36. The topological polar surface area (TPSA) is 92.1 Å². The van der Waals surface area contributed by atoms with Gasteiger partial charge in [-0.3, -0.25) is 4.79 Å². The number of imidazole rings is 1. The van der Waals surface area contributed by atoms with Crippen molar-refractivity contribution in [1.82, 2.24) is 24.8 Å². The van der Waals surface area contributed by atoms with Crippen LogP contribution in [0.3, 0.4) is 0 Å². The highest BCUT2D eigenvalue weighted by atomic mass is 16.6. The molecule has 0 atom stereocenters. The van der Waals surface area contributed by atoms with Crippen LogP contribution in [0.25, 0.3) is 5.65 Å². The normalized spacial score (nSPS) is 14.8. The molecule has 9 nitrogen and oxygen atoms in total. The van der Waals surface area contributed by atoms with Gasteiger partial charge in [-0.05, 0) is 19.1 Å². The number of nitrogens with zero attached hydrogens (tertiary/aromatic N) is 5. The molecule has 0 unspecified atom stereocenters. The first-order chi connectivity index (χ1) is 11.6. The lowest BCUT2D eigenvalue weighted by Crippen LogP contribution is -2.49. The number of carbonyl (C=O) groups is 2. The number of ether oxygens (including phenoxy) is 1. The number of carbonyl (C=O) groups excluding carboxylic acids is 2. The van der Waals surface area contributed by atoms with Gasteiger partial charge in [0.05, 0.1) is 12.8 Å². The monoisotopic (exact) mass is 332 g/mol. The summed E-state index contributed by atoms with van der Waals surface area (Å²) in [6, 6.07) is 3.70. The van der Waals surface area contributed by atoms with Crippen molar-refractivity contribution in [2.45, 2.75) is 6.92 Å². The molecule has 9 heteroatoms. The van der Waals surface area contributed by atoms with Gasteiger partial charge in [-0.25, -0.2) is 14.3 Å². The first-order valence-electron chi connectivity index (χ1n) is 7.87. The molecule has 128 valence electrons. The van der Waals surface area contributed by atoms with Crippen LogP contribution in [-0.2, 0) is 4.74 Å². The predicted molar refractivity (Wildman–Crippen MR) is 87.2 cm³/mol. The Morgan fingerprint density at radius 2 is 2.00 bits per heavy atom. The predicted octanol–water partition coefficient (Wildman–Crippen LogP) is 0.367. The van der Waals surface area contributed by atoms with Crippen LogP contribution >= 0.6 is 0 Å². The van der Waals surface area contributed by atoms with E-state index in [9.17, 15) is 9.59 Å². The van der Waals surface area contributed by atoms with E-state index in [4.69, 9.17) is 4.74 Å². The van der Waals surface area contributed by atoms with E-state index in [0.29, 0.717) is 44.1 Å². The van der Waals surface area contributed by atoms with Crippen LogP contribution in [0.4, 0.5) is 10.6 Å². The van der Waals surface area contributed by atoms with E-state index in [1.165, 1.54) is 10.7 Å². The molecule has 0 aromatic carbocycles. The Morgan fingerprint density at radius 1 is 1.25 bits per heavy atom. The fourth-order valence-electron chi connectivity index (χ4n) is 2.65. The summed E-state index contributed by atoms with van der Waals surface area (Å²) in [5.41, 5.74) is 1.00. The largest absolute Gasteiger partial charge is 0.450 e. The maximum absolute atomic E-state index is 11.9. The Hall–Kier alpha value is -2.84. The van der Waals surface area contributed by atoms with Gasteiger partial charge in [-0.1, -0.05) is 0 Å². The summed E-state index contributed by atoms with van der Waals surface area (Å²) in [6.45, 7) is 4.63. The molecule has 3 heterocycles. The summed E-state index contributed by atoms with van der Waals surface area (Å²) in [5.74, 6) is 0.508. The molecule has 2 aromatic heterocycles.